The lowest BCUT2D eigenvalue weighted by Crippen LogP contribution is -2.34. The highest BCUT2D eigenvalue weighted by molar-refractivity contribution is 7.09. The van der Waals surface area contributed by atoms with Crippen molar-refractivity contribution < 1.29 is 27.4 Å². The van der Waals surface area contributed by atoms with Gasteiger partial charge in [-0.2, -0.15) is 13.2 Å². The van der Waals surface area contributed by atoms with Crippen LogP contribution in [0.4, 0.5) is 13.2 Å². The van der Waals surface area contributed by atoms with Gasteiger partial charge in [-0.05, 0) is 41.8 Å². The fourth-order valence-electron chi connectivity index (χ4n) is 2.87. The van der Waals surface area contributed by atoms with Gasteiger partial charge in [0, 0.05) is 17.5 Å². The van der Waals surface area contributed by atoms with Gasteiger partial charge < -0.3 is 15.2 Å². The molecule has 158 valence electrons. The fraction of sp³-hybridized carbons (Fsp3) is 0.238. The molecule has 9 heteroatoms. The van der Waals surface area contributed by atoms with E-state index in [9.17, 15) is 18.0 Å². The van der Waals surface area contributed by atoms with Crippen LogP contribution in [0.5, 0.6) is 11.5 Å². The zero-order valence-corrected chi connectivity index (χ0v) is 16.8. The Balaban J connectivity index is 1.76. The topological polar surface area (TPSA) is 74.4 Å². The summed E-state index contributed by atoms with van der Waals surface area (Å²) >= 11 is 1.55. The van der Waals surface area contributed by atoms with Crippen LogP contribution in [0.1, 0.15) is 21.6 Å². The predicted octanol–water partition coefficient (Wildman–Crippen LogP) is 4.59. The van der Waals surface area contributed by atoms with Gasteiger partial charge in [0.05, 0.1) is 18.2 Å². The lowest BCUT2D eigenvalue weighted by molar-refractivity contribution is -0.143. The number of methoxy groups -OCH3 is 1. The largest absolute Gasteiger partial charge is 0.468 e. The third-order valence-corrected chi connectivity index (χ3v) is 5.13. The summed E-state index contributed by atoms with van der Waals surface area (Å²) in [5, 5.41) is 0. The molecule has 0 aliphatic rings. The second-order valence-electron chi connectivity index (χ2n) is 6.54. The summed E-state index contributed by atoms with van der Waals surface area (Å²) in [6.45, 7) is 0. The maximum absolute atomic E-state index is 13.5. The Morgan fingerprint density at radius 1 is 1.17 bits per heavy atom. The standard InChI is InChI=1S/C21H19F3N2O3S/c1-28-20(27)19(25)9-14-4-7-16(10-18(14)21(22,23)24)29-15-5-2-13(3-6-15)8-17-11-26-12-30-17/h2-7,10-12,19H,8-9,25H2,1H3. The maximum atomic E-state index is 13.5. The highest BCUT2D eigenvalue weighted by Gasteiger charge is 2.34. The Morgan fingerprint density at radius 3 is 2.47 bits per heavy atom. The van der Waals surface area contributed by atoms with Crippen LogP contribution in [-0.4, -0.2) is 24.1 Å². The van der Waals surface area contributed by atoms with Gasteiger partial charge in [0.2, 0.25) is 0 Å². The van der Waals surface area contributed by atoms with Crippen molar-refractivity contribution in [2.24, 2.45) is 5.73 Å². The number of hydrogen-bond acceptors (Lipinski definition) is 6. The summed E-state index contributed by atoms with van der Waals surface area (Å²) in [7, 11) is 1.13. The molecule has 0 bridgehead atoms. The molecular weight excluding hydrogens is 417 g/mol. The van der Waals surface area contributed by atoms with Crippen molar-refractivity contribution in [2.75, 3.05) is 7.11 Å². The van der Waals surface area contributed by atoms with E-state index in [2.05, 4.69) is 9.72 Å². The molecule has 1 atom stereocenters. The molecule has 0 amide bonds. The second kappa shape index (κ2) is 9.27. The SMILES string of the molecule is COC(=O)C(N)Cc1ccc(Oc2ccc(Cc3cncs3)cc2)cc1C(F)(F)F. The third kappa shape index (κ3) is 5.58. The molecule has 2 N–H and O–H groups in total. The number of rotatable bonds is 7. The quantitative estimate of drug-likeness (QED) is 0.549. The first-order valence-corrected chi connectivity index (χ1v) is 9.82. The van der Waals surface area contributed by atoms with E-state index in [0.29, 0.717) is 5.75 Å². The molecule has 0 saturated carbocycles. The van der Waals surface area contributed by atoms with Gasteiger partial charge in [0.15, 0.2) is 0 Å². The molecular formula is C21H19F3N2O3S. The third-order valence-electron chi connectivity index (χ3n) is 4.35. The number of carbonyl (C=O) groups is 1. The Hall–Kier alpha value is -2.91. The van der Waals surface area contributed by atoms with E-state index >= 15 is 0 Å². The van der Waals surface area contributed by atoms with Crippen molar-refractivity contribution >= 4 is 17.3 Å². The van der Waals surface area contributed by atoms with E-state index in [1.165, 1.54) is 12.1 Å². The van der Waals surface area contributed by atoms with Gasteiger partial charge in [-0.25, -0.2) is 0 Å². The van der Waals surface area contributed by atoms with Gasteiger partial charge in [-0.1, -0.05) is 18.2 Å². The molecule has 3 rings (SSSR count). The Morgan fingerprint density at radius 2 is 1.87 bits per heavy atom. The van der Waals surface area contributed by atoms with E-state index in [1.807, 2.05) is 12.1 Å². The Kier molecular flexibility index (Phi) is 6.73. The average Bonchev–Trinajstić information content (AvgIpc) is 3.22. The molecule has 0 saturated heterocycles. The average molecular weight is 436 g/mol. The van der Waals surface area contributed by atoms with E-state index in [-0.39, 0.29) is 17.7 Å². The molecule has 1 heterocycles. The molecule has 1 aromatic heterocycles. The minimum atomic E-state index is -4.62. The molecule has 5 nitrogen and oxygen atoms in total. The van der Waals surface area contributed by atoms with Crippen LogP contribution in [0.15, 0.2) is 54.2 Å². The number of alkyl halides is 3. The molecule has 30 heavy (non-hydrogen) atoms. The first kappa shape index (κ1) is 21.8. The number of carbonyl (C=O) groups excluding carboxylic acids is 1. The van der Waals surface area contributed by atoms with E-state index in [0.717, 1.165) is 30.0 Å². The van der Waals surface area contributed by atoms with Crippen molar-refractivity contribution in [3.63, 3.8) is 0 Å². The van der Waals surface area contributed by atoms with Crippen molar-refractivity contribution in [2.45, 2.75) is 25.1 Å². The number of nitrogens with zero attached hydrogens (tertiary/aromatic N) is 1. The van der Waals surface area contributed by atoms with Crippen LogP contribution < -0.4 is 10.5 Å². The number of aromatic nitrogens is 1. The maximum Gasteiger partial charge on any atom is 0.416 e. The molecule has 0 spiro atoms. The summed E-state index contributed by atoms with van der Waals surface area (Å²) in [6.07, 6.45) is -2.41. The summed E-state index contributed by atoms with van der Waals surface area (Å²) < 4.78 is 50.6. The molecule has 3 aromatic rings. The van der Waals surface area contributed by atoms with Gasteiger partial charge in [-0.15, -0.1) is 11.3 Å². The summed E-state index contributed by atoms with van der Waals surface area (Å²) in [6, 6.07) is 9.50. The zero-order valence-electron chi connectivity index (χ0n) is 16.0. The van der Waals surface area contributed by atoms with Gasteiger partial charge in [0.25, 0.3) is 0 Å². The fourth-order valence-corrected chi connectivity index (χ4v) is 3.50. The molecule has 1 unspecified atom stereocenters. The van der Waals surface area contributed by atoms with Crippen LogP contribution in [0.3, 0.4) is 0 Å². The summed E-state index contributed by atoms with van der Waals surface area (Å²) in [5.74, 6) is -0.329. The van der Waals surface area contributed by atoms with Crippen LogP contribution >= 0.6 is 11.3 Å². The Labute approximate surface area is 175 Å². The summed E-state index contributed by atoms with van der Waals surface area (Å²) in [4.78, 5) is 16.6. The number of esters is 1. The van der Waals surface area contributed by atoms with E-state index in [4.69, 9.17) is 10.5 Å². The first-order valence-electron chi connectivity index (χ1n) is 8.94. The minimum Gasteiger partial charge on any atom is -0.468 e. The molecule has 2 aromatic carbocycles. The number of halogens is 3. The molecule has 0 fully saturated rings. The lowest BCUT2D eigenvalue weighted by Gasteiger charge is -2.17. The molecule has 0 aliphatic heterocycles. The first-order chi connectivity index (χ1) is 14.3. The number of thiazole rings is 1. The van der Waals surface area contributed by atoms with Crippen molar-refractivity contribution in [3.8, 4) is 11.5 Å². The predicted molar refractivity (Wildman–Crippen MR) is 107 cm³/mol. The summed E-state index contributed by atoms with van der Waals surface area (Å²) in [5.41, 5.74) is 7.41. The van der Waals surface area contributed by atoms with Crippen LogP contribution in [-0.2, 0) is 28.5 Å². The normalized spacial score (nSPS) is 12.4. The molecule has 0 aliphatic carbocycles. The zero-order chi connectivity index (χ0) is 21.7. The van der Waals surface area contributed by atoms with Gasteiger partial charge >= 0.3 is 12.1 Å². The smallest absolute Gasteiger partial charge is 0.416 e. The highest BCUT2D eigenvalue weighted by atomic mass is 32.1. The van der Waals surface area contributed by atoms with E-state index in [1.54, 1.807) is 35.2 Å². The lowest BCUT2D eigenvalue weighted by atomic mass is 9.99. The number of hydrogen-bond donors (Lipinski definition) is 1. The van der Waals surface area contributed by atoms with Gasteiger partial charge in [-0.3, -0.25) is 9.78 Å². The monoisotopic (exact) mass is 436 g/mol. The van der Waals surface area contributed by atoms with Crippen LogP contribution in [0.25, 0.3) is 0 Å². The minimum absolute atomic E-state index is 0.0351. The van der Waals surface area contributed by atoms with Crippen LogP contribution in [0.2, 0.25) is 0 Å². The van der Waals surface area contributed by atoms with Crippen molar-refractivity contribution in [3.05, 3.63) is 75.7 Å². The Bertz CT molecular complexity index is 990. The second-order valence-corrected chi connectivity index (χ2v) is 7.51. The number of benzene rings is 2. The number of ether oxygens (including phenoxy) is 2. The van der Waals surface area contributed by atoms with Crippen molar-refractivity contribution in [1.29, 1.82) is 0 Å². The van der Waals surface area contributed by atoms with Gasteiger partial charge in [0.1, 0.15) is 17.5 Å². The highest BCUT2D eigenvalue weighted by Crippen LogP contribution is 2.36. The number of nitrogens with two attached hydrogens (primary N) is 1. The van der Waals surface area contributed by atoms with Crippen LogP contribution in [0, 0.1) is 0 Å². The van der Waals surface area contributed by atoms with E-state index < -0.39 is 23.8 Å². The molecule has 0 radical (unpaired) electrons. The van der Waals surface area contributed by atoms with Crippen molar-refractivity contribution in [1.82, 2.24) is 4.98 Å².